The molecule has 0 bridgehead atoms. The van der Waals surface area contributed by atoms with Gasteiger partial charge in [0.25, 0.3) is 0 Å². The minimum Gasteiger partial charge on any atom is -0.304 e. The molecule has 1 aromatic carbocycles. The van der Waals surface area contributed by atoms with Crippen LogP contribution in [0.3, 0.4) is 0 Å². The molecule has 0 saturated carbocycles. The Morgan fingerprint density at radius 2 is 1.67 bits per heavy atom. The zero-order valence-corrected chi connectivity index (χ0v) is 10.6. The zero-order valence-electron chi connectivity index (χ0n) is 10.6. The van der Waals surface area contributed by atoms with Crippen LogP contribution in [0.15, 0.2) is 48.8 Å². The van der Waals surface area contributed by atoms with E-state index in [-0.39, 0.29) is 17.9 Å². The molecule has 0 aliphatic carbocycles. The van der Waals surface area contributed by atoms with E-state index in [1.54, 1.807) is 6.20 Å². The second-order valence-electron chi connectivity index (χ2n) is 4.45. The summed E-state index contributed by atoms with van der Waals surface area (Å²) in [6.07, 6.45) is 3.62. The number of nitrogens with zero attached hydrogens (tertiary/aromatic N) is 1. The van der Waals surface area contributed by atoms with Crippen LogP contribution in [-0.4, -0.2) is 4.98 Å². The van der Waals surface area contributed by atoms with Gasteiger partial charge in [0.05, 0.1) is 0 Å². The lowest BCUT2D eigenvalue weighted by atomic mass is 10.1. The van der Waals surface area contributed by atoms with Crippen LogP contribution in [0.4, 0.5) is 4.39 Å². The first kappa shape index (κ1) is 12.7. The molecule has 1 heterocycles. The van der Waals surface area contributed by atoms with E-state index in [0.717, 1.165) is 11.1 Å². The first-order valence-electron chi connectivity index (χ1n) is 6.08. The number of benzene rings is 1. The van der Waals surface area contributed by atoms with E-state index in [2.05, 4.69) is 24.1 Å². The van der Waals surface area contributed by atoms with E-state index >= 15 is 0 Å². The molecule has 2 atom stereocenters. The van der Waals surface area contributed by atoms with Gasteiger partial charge in [-0.1, -0.05) is 18.2 Å². The molecule has 2 rings (SSSR count). The monoisotopic (exact) mass is 244 g/mol. The van der Waals surface area contributed by atoms with E-state index in [0.29, 0.717) is 0 Å². The third-order valence-corrected chi connectivity index (χ3v) is 3.05. The van der Waals surface area contributed by atoms with E-state index in [1.807, 2.05) is 30.5 Å². The average molecular weight is 244 g/mol. The Hall–Kier alpha value is -1.74. The Morgan fingerprint density at radius 3 is 2.28 bits per heavy atom. The van der Waals surface area contributed by atoms with Crippen molar-refractivity contribution in [2.24, 2.45) is 0 Å². The first-order valence-corrected chi connectivity index (χ1v) is 6.08. The standard InChI is InChI=1S/C15H17FN2/c1-11(13-5-7-15(16)8-6-13)18-12(2)14-4-3-9-17-10-14/h3-12,18H,1-2H3. The molecule has 0 aliphatic rings. The molecule has 0 aliphatic heterocycles. The predicted molar refractivity (Wildman–Crippen MR) is 70.6 cm³/mol. The number of aromatic nitrogens is 1. The van der Waals surface area contributed by atoms with Crippen LogP contribution in [0.2, 0.25) is 0 Å². The quantitative estimate of drug-likeness (QED) is 0.888. The normalized spacial score (nSPS) is 14.2. The molecule has 2 aromatic rings. The molecule has 94 valence electrons. The van der Waals surface area contributed by atoms with Gasteiger partial charge in [-0.3, -0.25) is 4.98 Å². The zero-order chi connectivity index (χ0) is 13.0. The molecule has 0 radical (unpaired) electrons. The largest absolute Gasteiger partial charge is 0.304 e. The Morgan fingerprint density at radius 1 is 1.00 bits per heavy atom. The van der Waals surface area contributed by atoms with Crippen molar-refractivity contribution in [3.05, 3.63) is 65.7 Å². The molecule has 0 amide bonds. The average Bonchev–Trinajstić information content (AvgIpc) is 2.40. The van der Waals surface area contributed by atoms with Gasteiger partial charge in [-0.05, 0) is 43.2 Å². The third kappa shape index (κ3) is 3.14. The number of rotatable bonds is 4. The molecule has 1 aromatic heterocycles. The van der Waals surface area contributed by atoms with E-state index < -0.39 is 0 Å². The summed E-state index contributed by atoms with van der Waals surface area (Å²) in [6.45, 7) is 4.16. The SMILES string of the molecule is CC(NC(C)c1cccnc1)c1ccc(F)cc1. The summed E-state index contributed by atoms with van der Waals surface area (Å²) in [4.78, 5) is 4.11. The highest BCUT2D eigenvalue weighted by Crippen LogP contribution is 2.18. The van der Waals surface area contributed by atoms with Crippen molar-refractivity contribution < 1.29 is 4.39 Å². The van der Waals surface area contributed by atoms with E-state index in [9.17, 15) is 4.39 Å². The van der Waals surface area contributed by atoms with Crippen molar-refractivity contribution in [3.8, 4) is 0 Å². The maximum Gasteiger partial charge on any atom is 0.123 e. The summed E-state index contributed by atoms with van der Waals surface area (Å²) in [5.41, 5.74) is 2.22. The maximum absolute atomic E-state index is 12.8. The highest BCUT2D eigenvalue weighted by Gasteiger charge is 2.10. The number of nitrogens with one attached hydrogen (secondary N) is 1. The number of pyridine rings is 1. The molecular weight excluding hydrogens is 227 g/mol. The fourth-order valence-corrected chi connectivity index (χ4v) is 1.95. The van der Waals surface area contributed by atoms with Crippen molar-refractivity contribution in [3.63, 3.8) is 0 Å². The molecule has 2 unspecified atom stereocenters. The molecule has 2 nitrogen and oxygen atoms in total. The first-order chi connectivity index (χ1) is 8.66. The minimum absolute atomic E-state index is 0.167. The molecule has 0 saturated heterocycles. The summed E-state index contributed by atoms with van der Waals surface area (Å²) >= 11 is 0. The van der Waals surface area contributed by atoms with Gasteiger partial charge in [0, 0.05) is 24.5 Å². The van der Waals surface area contributed by atoms with Crippen molar-refractivity contribution in [2.45, 2.75) is 25.9 Å². The predicted octanol–water partition coefficient (Wildman–Crippen LogP) is 3.63. The van der Waals surface area contributed by atoms with Gasteiger partial charge < -0.3 is 5.32 Å². The van der Waals surface area contributed by atoms with E-state index in [4.69, 9.17) is 0 Å². The lowest BCUT2D eigenvalue weighted by Gasteiger charge is -2.20. The lowest BCUT2D eigenvalue weighted by molar-refractivity contribution is 0.493. The van der Waals surface area contributed by atoms with Crippen molar-refractivity contribution >= 4 is 0 Å². The Bertz CT molecular complexity index is 482. The van der Waals surface area contributed by atoms with Gasteiger partial charge in [-0.15, -0.1) is 0 Å². The Kier molecular flexibility index (Phi) is 4.05. The van der Waals surface area contributed by atoms with Gasteiger partial charge in [0.15, 0.2) is 0 Å². The van der Waals surface area contributed by atoms with Crippen molar-refractivity contribution in [1.82, 2.24) is 10.3 Å². The van der Waals surface area contributed by atoms with E-state index in [1.165, 1.54) is 12.1 Å². The van der Waals surface area contributed by atoms with Crippen LogP contribution >= 0.6 is 0 Å². The van der Waals surface area contributed by atoms with Gasteiger partial charge >= 0.3 is 0 Å². The fraction of sp³-hybridized carbons (Fsp3) is 0.267. The van der Waals surface area contributed by atoms with Crippen molar-refractivity contribution in [1.29, 1.82) is 0 Å². The van der Waals surface area contributed by atoms with Gasteiger partial charge in [0.2, 0.25) is 0 Å². The van der Waals surface area contributed by atoms with Crippen LogP contribution < -0.4 is 5.32 Å². The lowest BCUT2D eigenvalue weighted by Crippen LogP contribution is -2.22. The second kappa shape index (κ2) is 5.74. The molecule has 3 heteroatoms. The summed E-state index contributed by atoms with van der Waals surface area (Å²) in [5.74, 6) is -0.203. The van der Waals surface area contributed by atoms with Crippen molar-refractivity contribution in [2.75, 3.05) is 0 Å². The highest BCUT2D eigenvalue weighted by molar-refractivity contribution is 5.20. The number of halogens is 1. The number of hydrogen-bond donors (Lipinski definition) is 1. The summed E-state index contributed by atoms with van der Waals surface area (Å²) in [6, 6.07) is 10.9. The molecular formula is C15H17FN2. The van der Waals surface area contributed by atoms with Crippen LogP contribution in [0, 0.1) is 5.82 Å². The third-order valence-electron chi connectivity index (χ3n) is 3.05. The van der Waals surface area contributed by atoms with Crippen LogP contribution in [0.25, 0.3) is 0 Å². The molecule has 1 N–H and O–H groups in total. The van der Waals surface area contributed by atoms with Crippen LogP contribution in [-0.2, 0) is 0 Å². The summed E-state index contributed by atoms with van der Waals surface area (Å²) in [5, 5.41) is 3.47. The Labute approximate surface area is 107 Å². The van der Waals surface area contributed by atoms with Gasteiger partial charge in [-0.25, -0.2) is 4.39 Å². The maximum atomic E-state index is 12.8. The van der Waals surface area contributed by atoms with Gasteiger partial charge in [-0.2, -0.15) is 0 Å². The van der Waals surface area contributed by atoms with Crippen LogP contribution in [0.5, 0.6) is 0 Å². The topological polar surface area (TPSA) is 24.9 Å². The molecule has 18 heavy (non-hydrogen) atoms. The minimum atomic E-state index is -0.203. The number of hydrogen-bond acceptors (Lipinski definition) is 2. The molecule has 0 fully saturated rings. The highest BCUT2D eigenvalue weighted by atomic mass is 19.1. The second-order valence-corrected chi connectivity index (χ2v) is 4.45. The summed E-state index contributed by atoms with van der Waals surface area (Å²) in [7, 11) is 0. The molecule has 0 spiro atoms. The fourth-order valence-electron chi connectivity index (χ4n) is 1.95. The smallest absolute Gasteiger partial charge is 0.123 e. The van der Waals surface area contributed by atoms with Gasteiger partial charge in [0.1, 0.15) is 5.82 Å². The Balaban J connectivity index is 2.03. The van der Waals surface area contributed by atoms with Crippen LogP contribution in [0.1, 0.15) is 37.1 Å². The summed E-state index contributed by atoms with van der Waals surface area (Å²) < 4.78 is 12.8.